The van der Waals surface area contributed by atoms with Crippen LogP contribution in [0, 0.1) is 0 Å². The lowest BCUT2D eigenvalue weighted by Crippen LogP contribution is -3.00. The molecular formula is C26H30BrNO8. The fraction of sp³-hybridized carbons (Fsp3) is 0.385. The number of hydrogen-bond acceptors (Lipinski definition) is 8. The van der Waals surface area contributed by atoms with Crippen molar-refractivity contribution in [2.24, 2.45) is 0 Å². The van der Waals surface area contributed by atoms with Crippen LogP contribution in [0.5, 0.6) is 28.7 Å². The van der Waals surface area contributed by atoms with Crippen molar-refractivity contribution in [1.82, 2.24) is 0 Å². The summed E-state index contributed by atoms with van der Waals surface area (Å²) in [6.07, 6.45) is 3.76. The molecule has 1 atom stereocenters. The van der Waals surface area contributed by atoms with E-state index in [1.807, 2.05) is 7.05 Å². The third kappa shape index (κ3) is 5.15. The number of allylic oxidation sites excluding steroid dienone is 1. The van der Waals surface area contributed by atoms with Gasteiger partial charge in [0.05, 0.1) is 53.2 Å². The van der Waals surface area contributed by atoms with Crippen LogP contribution in [0.3, 0.4) is 0 Å². The maximum Gasteiger partial charge on any atom is 0.361 e. The van der Waals surface area contributed by atoms with Crippen molar-refractivity contribution in [3.8, 4) is 28.7 Å². The fourth-order valence-electron chi connectivity index (χ4n) is 4.69. The van der Waals surface area contributed by atoms with Crippen molar-refractivity contribution < 1.29 is 59.5 Å². The fourth-order valence-corrected chi connectivity index (χ4v) is 4.69. The Bertz CT molecular complexity index is 1200. The summed E-state index contributed by atoms with van der Waals surface area (Å²) in [5.74, 6) is 2.09. The van der Waals surface area contributed by atoms with Crippen molar-refractivity contribution in [3.05, 3.63) is 46.5 Å². The van der Waals surface area contributed by atoms with Crippen LogP contribution >= 0.6 is 0 Å². The average Bonchev–Trinajstić information content (AvgIpc) is 3.34. The van der Waals surface area contributed by atoms with E-state index < -0.39 is 0 Å². The standard InChI is InChI=1S/C26H30NO8.BrH/c1-27(14-22(29)32-4)11-10-18-19(13-27)24(33-5)26-25(34-15-35-26)23(18)20(28)8-6-16-12-17(30-2)7-9-21(16)31-3;/h6-9,12H,10-11,13-15H2,1-5H3;1H/q+1;/p-1. The summed E-state index contributed by atoms with van der Waals surface area (Å²) in [4.78, 5) is 25.6. The zero-order valence-corrected chi connectivity index (χ0v) is 22.6. The number of hydrogen-bond donors (Lipinski definition) is 0. The smallest absolute Gasteiger partial charge is 0.361 e. The molecule has 194 valence electrons. The van der Waals surface area contributed by atoms with Crippen LogP contribution in [0.4, 0.5) is 0 Å². The Morgan fingerprint density at radius 2 is 1.78 bits per heavy atom. The molecule has 36 heavy (non-hydrogen) atoms. The Morgan fingerprint density at radius 1 is 1.03 bits per heavy atom. The molecule has 0 radical (unpaired) electrons. The zero-order chi connectivity index (χ0) is 25.2. The molecule has 10 heteroatoms. The van der Waals surface area contributed by atoms with E-state index in [0.717, 1.165) is 11.1 Å². The summed E-state index contributed by atoms with van der Waals surface area (Å²) in [6.45, 7) is 1.35. The number of esters is 1. The van der Waals surface area contributed by atoms with Gasteiger partial charge in [0.1, 0.15) is 18.0 Å². The second kappa shape index (κ2) is 11.2. The third-order valence-electron chi connectivity index (χ3n) is 6.47. The molecule has 4 rings (SSSR count). The second-order valence-electron chi connectivity index (χ2n) is 8.72. The number of carbonyl (C=O) groups is 2. The Kier molecular flexibility index (Phi) is 8.52. The largest absolute Gasteiger partial charge is 1.00 e. The van der Waals surface area contributed by atoms with Gasteiger partial charge in [0.25, 0.3) is 0 Å². The molecule has 0 bridgehead atoms. The summed E-state index contributed by atoms with van der Waals surface area (Å²) in [6, 6.07) is 5.37. The molecule has 2 aromatic carbocycles. The molecule has 0 spiro atoms. The number of carbonyl (C=O) groups excluding carboxylic acids is 2. The summed E-state index contributed by atoms with van der Waals surface area (Å²) in [7, 11) is 8.08. The zero-order valence-electron chi connectivity index (χ0n) is 21.0. The highest BCUT2D eigenvalue weighted by molar-refractivity contribution is 6.11. The number of fused-ring (bicyclic) bond motifs is 2. The first-order chi connectivity index (χ1) is 16.8. The normalized spacial score (nSPS) is 17.7. The van der Waals surface area contributed by atoms with Gasteiger partial charge in [-0.1, -0.05) is 0 Å². The molecule has 2 aliphatic rings. The van der Waals surface area contributed by atoms with Crippen LogP contribution < -0.4 is 40.7 Å². The molecule has 0 N–H and O–H groups in total. The first-order valence-corrected chi connectivity index (χ1v) is 11.2. The molecular weight excluding hydrogens is 534 g/mol. The van der Waals surface area contributed by atoms with E-state index in [9.17, 15) is 9.59 Å². The molecule has 0 aliphatic carbocycles. The molecule has 0 saturated heterocycles. The van der Waals surface area contributed by atoms with Gasteiger partial charge in [0, 0.05) is 12.0 Å². The predicted octanol–water partition coefficient (Wildman–Crippen LogP) is 0.0169. The molecule has 9 nitrogen and oxygen atoms in total. The van der Waals surface area contributed by atoms with Gasteiger partial charge >= 0.3 is 5.97 Å². The Balaban J connectivity index is 0.00000361. The molecule has 1 unspecified atom stereocenters. The highest BCUT2D eigenvalue weighted by Gasteiger charge is 2.40. The minimum absolute atomic E-state index is 0. The minimum Gasteiger partial charge on any atom is -1.00 e. The van der Waals surface area contributed by atoms with Gasteiger partial charge in [-0.15, -0.1) is 0 Å². The van der Waals surface area contributed by atoms with Gasteiger partial charge in [0.15, 0.2) is 23.8 Å². The van der Waals surface area contributed by atoms with Gasteiger partial charge in [-0.25, -0.2) is 4.79 Å². The van der Waals surface area contributed by atoms with Crippen LogP contribution in [0.15, 0.2) is 24.3 Å². The van der Waals surface area contributed by atoms with Crippen molar-refractivity contribution in [2.75, 3.05) is 55.4 Å². The van der Waals surface area contributed by atoms with Gasteiger partial charge in [-0.3, -0.25) is 4.79 Å². The van der Waals surface area contributed by atoms with Gasteiger partial charge in [0.2, 0.25) is 12.5 Å². The number of ketones is 1. The number of ether oxygens (including phenoxy) is 6. The van der Waals surface area contributed by atoms with E-state index in [2.05, 4.69) is 0 Å². The number of halogens is 1. The van der Waals surface area contributed by atoms with Crippen molar-refractivity contribution >= 4 is 17.8 Å². The van der Waals surface area contributed by atoms with Crippen LogP contribution in [0.2, 0.25) is 0 Å². The average molecular weight is 564 g/mol. The summed E-state index contributed by atoms with van der Waals surface area (Å²) < 4.78 is 33.2. The van der Waals surface area contributed by atoms with Crippen molar-refractivity contribution in [1.29, 1.82) is 0 Å². The van der Waals surface area contributed by atoms with E-state index in [4.69, 9.17) is 28.4 Å². The number of methoxy groups -OCH3 is 4. The van der Waals surface area contributed by atoms with Gasteiger partial charge in [-0.2, -0.15) is 0 Å². The van der Waals surface area contributed by atoms with E-state index in [1.54, 1.807) is 45.6 Å². The number of nitrogens with zero attached hydrogens (tertiary/aromatic N) is 1. The monoisotopic (exact) mass is 563 g/mol. The minimum atomic E-state index is -0.290. The SMILES string of the molecule is COC(=O)C[N+]1(C)CCc2c(c(OC)c3c(c2C(=O)C=Cc2cc(OC)ccc2OC)OCO3)C1.[Br-]. The lowest BCUT2D eigenvalue weighted by Gasteiger charge is -2.38. The van der Waals surface area contributed by atoms with E-state index >= 15 is 0 Å². The summed E-state index contributed by atoms with van der Waals surface area (Å²) in [5, 5.41) is 0. The van der Waals surface area contributed by atoms with Crippen molar-refractivity contribution in [2.45, 2.75) is 13.0 Å². The number of quaternary nitrogens is 1. The van der Waals surface area contributed by atoms with Crippen LogP contribution in [0.25, 0.3) is 6.08 Å². The number of benzene rings is 2. The molecule has 0 saturated carbocycles. The maximum absolute atomic E-state index is 13.6. The number of rotatable bonds is 8. The third-order valence-corrected chi connectivity index (χ3v) is 6.47. The maximum atomic E-state index is 13.6. The molecule has 2 aliphatic heterocycles. The Hall–Kier alpha value is -3.24. The number of likely N-dealkylation sites (N-methyl/N-ethyl adjacent to an activating group) is 1. The summed E-state index contributed by atoms with van der Waals surface area (Å²) in [5.41, 5.74) is 2.85. The Labute approximate surface area is 220 Å². The van der Waals surface area contributed by atoms with Crippen LogP contribution in [-0.2, 0) is 22.5 Å². The van der Waals surface area contributed by atoms with Crippen LogP contribution in [0.1, 0.15) is 27.0 Å². The Morgan fingerprint density at radius 3 is 2.44 bits per heavy atom. The topological polar surface area (TPSA) is 89.5 Å². The second-order valence-corrected chi connectivity index (χ2v) is 8.72. The summed E-state index contributed by atoms with van der Waals surface area (Å²) >= 11 is 0. The predicted molar refractivity (Wildman–Crippen MR) is 127 cm³/mol. The first kappa shape index (κ1) is 27.3. The first-order valence-electron chi connectivity index (χ1n) is 11.2. The lowest BCUT2D eigenvalue weighted by molar-refractivity contribution is -0.917. The molecule has 0 amide bonds. The molecule has 2 heterocycles. The molecule has 0 aromatic heterocycles. The highest BCUT2D eigenvalue weighted by Crippen LogP contribution is 2.50. The quantitative estimate of drug-likeness (QED) is 0.192. The van der Waals surface area contributed by atoms with Crippen LogP contribution in [-0.4, -0.2) is 71.6 Å². The lowest BCUT2D eigenvalue weighted by atomic mass is 9.88. The van der Waals surface area contributed by atoms with Crippen molar-refractivity contribution in [3.63, 3.8) is 0 Å². The molecule has 2 aromatic rings. The van der Waals surface area contributed by atoms with Gasteiger partial charge in [-0.05, 0) is 35.9 Å². The van der Waals surface area contributed by atoms with E-state index in [0.29, 0.717) is 63.9 Å². The van der Waals surface area contributed by atoms with Gasteiger partial charge < -0.3 is 49.9 Å². The van der Waals surface area contributed by atoms with E-state index in [-0.39, 0.29) is 42.1 Å². The highest BCUT2D eigenvalue weighted by atomic mass is 79.9. The van der Waals surface area contributed by atoms with E-state index in [1.165, 1.54) is 13.2 Å². The molecule has 0 fully saturated rings.